The van der Waals surface area contributed by atoms with Crippen LogP contribution in [0.5, 0.6) is 0 Å². The van der Waals surface area contributed by atoms with Crippen LogP contribution in [0.25, 0.3) is 11.0 Å². The lowest BCUT2D eigenvalue weighted by Crippen LogP contribution is -2.11. The van der Waals surface area contributed by atoms with E-state index >= 15 is 0 Å². The summed E-state index contributed by atoms with van der Waals surface area (Å²) < 4.78 is 26.2. The van der Waals surface area contributed by atoms with Crippen molar-refractivity contribution in [2.24, 2.45) is 0 Å². The van der Waals surface area contributed by atoms with Gasteiger partial charge in [0, 0.05) is 17.8 Å². The molecule has 2 heterocycles. The zero-order valence-electron chi connectivity index (χ0n) is 9.79. The van der Waals surface area contributed by atoms with Crippen molar-refractivity contribution < 1.29 is 8.42 Å². The first-order valence-corrected chi connectivity index (χ1v) is 7.00. The van der Waals surface area contributed by atoms with E-state index in [1.54, 1.807) is 42.7 Å². The van der Waals surface area contributed by atoms with Crippen molar-refractivity contribution in [3.63, 3.8) is 0 Å². The number of hydrogen-bond acceptors (Lipinski definition) is 2. The number of aryl methyl sites for hydroxylation is 1. The number of hydrogen-bond donors (Lipinski definition) is 1. The van der Waals surface area contributed by atoms with E-state index in [1.807, 2.05) is 13.0 Å². The van der Waals surface area contributed by atoms with Gasteiger partial charge in [0.1, 0.15) is 5.65 Å². The normalized spacial score (nSPS) is 12.1. The Morgan fingerprint density at radius 2 is 1.78 bits per heavy atom. The Hall–Kier alpha value is -2.01. The monoisotopic (exact) mass is 260 g/mol. The second-order valence-corrected chi connectivity index (χ2v) is 6.03. The Morgan fingerprint density at radius 3 is 2.50 bits per heavy atom. The van der Waals surface area contributed by atoms with Crippen molar-refractivity contribution in [1.29, 1.82) is 0 Å². The minimum Gasteiger partial charge on any atom is -0.347 e. The third kappa shape index (κ3) is 1.55. The van der Waals surface area contributed by atoms with E-state index in [0.717, 1.165) is 10.9 Å². The third-order valence-electron chi connectivity index (χ3n) is 2.94. The highest BCUT2D eigenvalue weighted by Crippen LogP contribution is 2.21. The number of nitrogens with zero attached hydrogens (tertiary/aromatic N) is 1. The van der Waals surface area contributed by atoms with Crippen molar-refractivity contribution in [2.45, 2.75) is 11.8 Å². The molecule has 18 heavy (non-hydrogen) atoms. The van der Waals surface area contributed by atoms with Crippen LogP contribution in [0.4, 0.5) is 0 Å². The lowest BCUT2D eigenvalue weighted by atomic mass is 10.2. The molecule has 0 saturated heterocycles. The summed E-state index contributed by atoms with van der Waals surface area (Å²) >= 11 is 0. The number of fused-ring (bicyclic) bond motifs is 1. The molecule has 3 aromatic rings. The van der Waals surface area contributed by atoms with Crippen LogP contribution in [-0.2, 0) is 10.0 Å². The summed E-state index contributed by atoms with van der Waals surface area (Å²) in [6, 6.07) is 10.5. The summed E-state index contributed by atoms with van der Waals surface area (Å²) in [7, 11) is -3.52. The van der Waals surface area contributed by atoms with Gasteiger partial charge in [-0.2, -0.15) is 0 Å². The fraction of sp³-hybridized carbons (Fsp3) is 0.0769. The Balaban J connectivity index is 2.21. The first-order chi connectivity index (χ1) is 8.59. The topological polar surface area (TPSA) is 54.9 Å². The zero-order chi connectivity index (χ0) is 12.8. The molecule has 4 nitrogen and oxygen atoms in total. The summed E-state index contributed by atoms with van der Waals surface area (Å²) in [5, 5.41) is 0.880. The van der Waals surface area contributed by atoms with E-state index in [4.69, 9.17) is 0 Å². The van der Waals surface area contributed by atoms with Gasteiger partial charge < -0.3 is 4.98 Å². The fourth-order valence-electron chi connectivity index (χ4n) is 1.94. The van der Waals surface area contributed by atoms with Crippen LogP contribution in [0.1, 0.15) is 5.56 Å². The van der Waals surface area contributed by atoms with Crippen LogP contribution in [0.3, 0.4) is 0 Å². The van der Waals surface area contributed by atoms with Crippen molar-refractivity contribution >= 4 is 21.1 Å². The van der Waals surface area contributed by atoms with Crippen LogP contribution in [0.2, 0.25) is 0 Å². The molecule has 0 fully saturated rings. The average Bonchev–Trinajstić information content (AvgIpc) is 2.90. The minimum absolute atomic E-state index is 0.292. The van der Waals surface area contributed by atoms with Gasteiger partial charge in [-0.05, 0) is 31.2 Å². The molecule has 0 bridgehead atoms. The predicted octanol–water partition coefficient (Wildman–Crippen LogP) is 2.51. The van der Waals surface area contributed by atoms with Gasteiger partial charge in [0.15, 0.2) is 0 Å². The lowest BCUT2D eigenvalue weighted by molar-refractivity contribution is 0.589. The maximum absolute atomic E-state index is 12.5. The van der Waals surface area contributed by atoms with E-state index in [2.05, 4.69) is 4.98 Å². The van der Waals surface area contributed by atoms with Crippen molar-refractivity contribution in [3.8, 4) is 0 Å². The van der Waals surface area contributed by atoms with Crippen LogP contribution >= 0.6 is 0 Å². The van der Waals surface area contributed by atoms with Crippen LogP contribution in [0.15, 0.2) is 53.7 Å². The maximum atomic E-state index is 12.5. The Morgan fingerprint density at radius 1 is 1.06 bits per heavy atom. The van der Waals surface area contributed by atoms with Gasteiger partial charge in [0.25, 0.3) is 10.0 Å². The summed E-state index contributed by atoms with van der Waals surface area (Å²) in [6.45, 7) is 1.93. The molecular weight excluding hydrogens is 248 g/mol. The van der Waals surface area contributed by atoms with E-state index in [0.29, 0.717) is 10.5 Å². The van der Waals surface area contributed by atoms with Gasteiger partial charge in [-0.1, -0.05) is 17.7 Å². The second-order valence-electron chi connectivity index (χ2n) is 4.21. The highest BCUT2D eigenvalue weighted by Gasteiger charge is 2.18. The average molecular weight is 260 g/mol. The van der Waals surface area contributed by atoms with Crippen LogP contribution in [-0.4, -0.2) is 17.4 Å². The van der Waals surface area contributed by atoms with Gasteiger partial charge in [-0.3, -0.25) is 0 Å². The summed E-state index contributed by atoms with van der Waals surface area (Å²) in [6.07, 6.45) is 3.29. The smallest absolute Gasteiger partial charge is 0.269 e. The molecule has 1 N–H and O–H groups in total. The summed E-state index contributed by atoms with van der Waals surface area (Å²) in [5.74, 6) is 0. The zero-order valence-corrected chi connectivity index (χ0v) is 10.6. The van der Waals surface area contributed by atoms with Gasteiger partial charge in [-0.25, -0.2) is 12.4 Å². The molecule has 0 atom stereocenters. The SMILES string of the molecule is Cc1ccc(S(=O)(=O)n2ccc3cc[nH]c32)cc1. The molecule has 2 aromatic heterocycles. The molecule has 0 aliphatic carbocycles. The molecule has 5 heteroatoms. The van der Waals surface area contributed by atoms with Gasteiger partial charge in [0.2, 0.25) is 0 Å². The van der Waals surface area contributed by atoms with Crippen molar-refractivity contribution in [2.75, 3.05) is 0 Å². The molecule has 0 radical (unpaired) electrons. The third-order valence-corrected chi connectivity index (χ3v) is 4.63. The van der Waals surface area contributed by atoms with E-state index in [-0.39, 0.29) is 0 Å². The minimum atomic E-state index is -3.52. The highest BCUT2D eigenvalue weighted by atomic mass is 32.2. The summed E-state index contributed by atoms with van der Waals surface area (Å²) in [5.41, 5.74) is 1.63. The summed E-state index contributed by atoms with van der Waals surface area (Å²) in [4.78, 5) is 3.23. The molecule has 0 saturated carbocycles. The quantitative estimate of drug-likeness (QED) is 0.769. The number of aromatic nitrogens is 2. The number of rotatable bonds is 2. The van der Waals surface area contributed by atoms with E-state index in [9.17, 15) is 8.42 Å². The molecule has 0 aliphatic rings. The molecule has 0 aliphatic heterocycles. The maximum Gasteiger partial charge on any atom is 0.269 e. The van der Waals surface area contributed by atoms with Crippen LogP contribution < -0.4 is 0 Å². The molecule has 3 rings (SSSR count). The molecular formula is C13H12N2O2S. The fourth-order valence-corrected chi connectivity index (χ4v) is 3.27. The molecule has 92 valence electrons. The predicted molar refractivity (Wildman–Crippen MR) is 70.1 cm³/mol. The van der Waals surface area contributed by atoms with Gasteiger partial charge in [-0.15, -0.1) is 0 Å². The largest absolute Gasteiger partial charge is 0.347 e. The lowest BCUT2D eigenvalue weighted by Gasteiger charge is -2.06. The van der Waals surface area contributed by atoms with Crippen LogP contribution in [0, 0.1) is 6.92 Å². The van der Waals surface area contributed by atoms with E-state index in [1.165, 1.54) is 3.97 Å². The van der Waals surface area contributed by atoms with Crippen molar-refractivity contribution in [3.05, 3.63) is 54.4 Å². The Labute approximate surface area is 105 Å². The second kappa shape index (κ2) is 3.74. The van der Waals surface area contributed by atoms with Gasteiger partial charge in [0.05, 0.1) is 4.90 Å². The van der Waals surface area contributed by atoms with E-state index < -0.39 is 10.0 Å². The molecule has 0 spiro atoms. The standard InChI is InChI=1S/C13H12N2O2S/c1-10-2-4-12(5-3-10)18(16,17)15-9-7-11-6-8-14-13(11)15/h2-9,14H,1H3. The first-order valence-electron chi connectivity index (χ1n) is 5.56. The Kier molecular flexibility index (Phi) is 2.31. The molecule has 0 amide bonds. The molecule has 1 aromatic carbocycles. The van der Waals surface area contributed by atoms with Crippen molar-refractivity contribution in [1.82, 2.24) is 8.96 Å². The number of nitrogens with one attached hydrogen (secondary N) is 1. The van der Waals surface area contributed by atoms with Gasteiger partial charge >= 0.3 is 0 Å². The number of aromatic amines is 1. The number of H-pyrrole nitrogens is 1. The Bertz CT molecular complexity index is 795. The highest BCUT2D eigenvalue weighted by molar-refractivity contribution is 7.90. The molecule has 0 unspecified atom stereocenters. The number of benzene rings is 1. The first kappa shape index (κ1) is 11.1.